The van der Waals surface area contributed by atoms with E-state index in [1.807, 2.05) is 32.0 Å². The quantitative estimate of drug-likeness (QED) is 0.406. The third-order valence-corrected chi connectivity index (χ3v) is 7.71. The first-order valence-corrected chi connectivity index (χ1v) is 12.5. The number of aliphatic hydroxyl groups is 1. The van der Waals surface area contributed by atoms with Crippen molar-refractivity contribution in [1.29, 1.82) is 0 Å². The highest BCUT2D eigenvalue weighted by molar-refractivity contribution is 7.15. The fourth-order valence-corrected chi connectivity index (χ4v) is 5.26. The maximum atomic E-state index is 14.7. The fourth-order valence-electron chi connectivity index (χ4n) is 4.37. The maximum absolute atomic E-state index is 14.7. The molecule has 1 aliphatic carbocycles. The van der Waals surface area contributed by atoms with Gasteiger partial charge in [-0.3, -0.25) is 4.79 Å². The number of carbonyl (C=O) groups excluding carboxylic acids is 1. The number of aromatic nitrogens is 1. The minimum atomic E-state index is -0.615. The highest BCUT2D eigenvalue weighted by Crippen LogP contribution is 2.51. The van der Waals surface area contributed by atoms with Crippen LogP contribution in [0.4, 0.5) is 9.52 Å². The molecule has 9 heteroatoms. The number of amides is 1. The third kappa shape index (κ3) is 4.63. The molecule has 0 radical (unpaired) electrons. The number of aliphatic hydroxyl groups excluding tert-OH is 1. The molecule has 3 aromatic rings. The molecular formula is C26H28FN3O4S. The van der Waals surface area contributed by atoms with Crippen molar-refractivity contribution >= 4 is 22.4 Å². The Kier molecular flexibility index (Phi) is 6.48. The highest BCUT2D eigenvalue weighted by Gasteiger charge is 2.52. The van der Waals surface area contributed by atoms with Gasteiger partial charge in [-0.2, -0.15) is 0 Å². The van der Waals surface area contributed by atoms with Crippen LogP contribution in [-0.4, -0.2) is 35.4 Å². The number of fused-ring (bicyclic) bond motifs is 1. The van der Waals surface area contributed by atoms with E-state index in [0.717, 1.165) is 23.3 Å². The lowest BCUT2D eigenvalue weighted by Gasteiger charge is -2.27. The molecule has 0 saturated heterocycles. The molecule has 1 saturated carbocycles. The number of thiazole rings is 1. The van der Waals surface area contributed by atoms with E-state index in [-0.39, 0.29) is 37.1 Å². The van der Waals surface area contributed by atoms with Gasteiger partial charge in [0.15, 0.2) is 16.6 Å². The number of carbonyl (C=O) groups is 1. The van der Waals surface area contributed by atoms with Crippen LogP contribution in [0.1, 0.15) is 48.7 Å². The molecular weight excluding hydrogens is 469 g/mol. The SMILES string of the molecule is CC(C)[C@H](CO)NC(c1cnc(NC(=O)C2(c3ccc4c(c3)OCO4)CC2)s1)c1ccccc1F. The average molecular weight is 498 g/mol. The van der Waals surface area contributed by atoms with Crippen LogP contribution in [0.5, 0.6) is 11.5 Å². The lowest BCUT2D eigenvalue weighted by Crippen LogP contribution is -2.40. The van der Waals surface area contributed by atoms with Crippen molar-refractivity contribution in [1.82, 2.24) is 10.3 Å². The number of ether oxygens (including phenoxy) is 2. The number of rotatable bonds is 9. The van der Waals surface area contributed by atoms with Crippen molar-refractivity contribution in [3.05, 3.63) is 70.5 Å². The molecule has 35 heavy (non-hydrogen) atoms. The molecule has 7 nitrogen and oxygen atoms in total. The minimum Gasteiger partial charge on any atom is -0.454 e. The van der Waals surface area contributed by atoms with Crippen LogP contribution >= 0.6 is 11.3 Å². The van der Waals surface area contributed by atoms with Crippen LogP contribution in [0.2, 0.25) is 0 Å². The lowest BCUT2D eigenvalue weighted by atomic mass is 9.94. The number of hydrogen-bond acceptors (Lipinski definition) is 7. The van der Waals surface area contributed by atoms with Gasteiger partial charge in [-0.1, -0.05) is 49.4 Å². The molecule has 0 spiro atoms. The number of nitrogens with zero attached hydrogens (tertiary/aromatic N) is 1. The summed E-state index contributed by atoms with van der Waals surface area (Å²) < 4.78 is 25.6. The van der Waals surface area contributed by atoms with Gasteiger partial charge in [0, 0.05) is 22.7 Å². The summed E-state index contributed by atoms with van der Waals surface area (Å²) in [5.41, 5.74) is 0.743. The van der Waals surface area contributed by atoms with Crippen LogP contribution in [0.15, 0.2) is 48.7 Å². The summed E-state index contributed by atoms with van der Waals surface area (Å²) in [4.78, 5) is 18.5. The van der Waals surface area contributed by atoms with E-state index >= 15 is 0 Å². The second-order valence-electron chi connectivity index (χ2n) is 9.33. The molecule has 3 N–H and O–H groups in total. The van der Waals surface area contributed by atoms with E-state index in [0.29, 0.717) is 22.2 Å². The molecule has 0 bridgehead atoms. The van der Waals surface area contributed by atoms with Gasteiger partial charge >= 0.3 is 0 Å². The van der Waals surface area contributed by atoms with Crippen molar-refractivity contribution in [3.8, 4) is 11.5 Å². The molecule has 2 aliphatic rings. The van der Waals surface area contributed by atoms with Crippen molar-refractivity contribution in [2.45, 2.75) is 44.2 Å². The van der Waals surface area contributed by atoms with Crippen molar-refractivity contribution in [2.24, 2.45) is 5.92 Å². The van der Waals surface area contributed by atoms with E-state index in [2.05, 4.69) is 15.6 Å². The van der Waals surface area contributed by atoms with Gasteiger partial charge in [0.05, 0.1) is 18.1 Å². The summed E-state index contributed by atoms with van der Waals surface area (Å²) in [6.07, 6.45) is 3.13. The molecule has 1 amide bonds. The zero-order chi connectivity index (χ0) is 24.6. The standard InChI is InChI=1S/C26H28FN3O4S/c1-15(2)19(13-31)29-23(17-5-3-4-6-18(17)27)22-12-28-25(35-22)30-24(32)26(9-10-26)16-7-8-20-21(11-16)34-14-33-20/h3-8,11-12,15,19,23,29,31H,9-10,13-14H2,1-2H3,(H,28,30,32)/t19-,23?/m0/s1. The summed E-state index contributed by atoms with van der Waals surface area (Å²) in [6.45, 7) is 4.10. The first-order valence-electron chi connectivity index (χ1n) is 11.7. The second kappa shape index (κ2) is 9.56. The van der Waals surface area contributed by atoms with Gasteiger partial charge in [-0.05, 0) is 42.5 Å². The number of anilines is 1. The summed E-state index contributed by atoms with van der Waals surface area (Å²) in [6, 6.07) is 11.4. The van der Waals surface area contributed by atoms with Crippen molar-refractivity contribution < 1.29 is 23.8 Å². The fraction of sp³-hybridized carbons (Fsp3) is 0.385. The molecule has 2 atom stereocenters. The topological polar surface area (TPSA) is 92.7 Å². The lowest BCUT2D eigenvalue weighted by molar-refractivity contribution is -0.118. The van der Waals surface area contributed by atoms with E-state index in [9.17, 15) is 14.3 Å². The average Bonchev–Trinajstić information content (AvgIpc) is 3.31. The molecule has 184 valence electrons. The van der Waals surface area contributed by atoms with Crippen molar-refractivity contribution in [3.63, 3.8) is 0 Å². The predicted octanol–water partition coefficient (Wildman–Crippen LogP) is 4.38. The van der Waals surface area contributed by atoms with E-state index in [1.165, 1.54) is 17.4 Å². The first-order chi connectivity index (χ1) is 16.9. The number of benzene rings is 2. The van der Waals surface area contributed by atoms with Crippen LogP contribution in [0.3, 0.4) is 0 Å². The molecule has 2 heterocycles. The Bertz CT molecular complexity index is 1230. The van der Waals surface area contributed by atoms with Gasteiger partial charge in [-0.25, -0.2) is 9.37 Å². The Hall–Kier alpha value is -3.01. The molecule has 1 fully saturated rings. The second-order valence-corrected chi connectivity index (χ2v) is 10.4. The Balaban J connectivity index is 1.37. The smallest absolute Gasteiger partial charge is 0.236 e. The van der Waals surface area contributed by atoms with Gasteiger partial charge < -0.3 is 25.2 Å². The van der Waals surface area contributed by atoms with Crippen LogP contribution < -0.4 is 20.1 Å². The molecule has 1 aromatic heterocycles. The maximum Gasteiger partial charge on any atom is 0.236 e. The van der Waals surface area contributed by atoms with Gasteiger partial charge in [-0.15, -0.1) is 0 Å². The monoisotopic (exact) mass is 497 g/mol. The number of nitrogens with one attached hydrogen (secondary N) is 2. The summed E-state index contributed by atoms with van der Waals surface area (Å²) in [5.74, 6) is 1.01. The zero-order valence-electron chi connectivity index (χ0n) is 19.6. The minimum absolute atomic E-state index is 0.0803. The molecule has 1 aliphatic heterocycles. The molecule has 5 rings (SSSR count). The largest absolute Gasteiger partial charge is 0.454 e. The highest BCUT2D eigenvalue weighted by atomic mass is 32.1. The van der Waals surface area contributed by atoms with Gasteiger partial charge in [0.2, 0.25) is 12.7 Å². The molecule has 2 aromatic carbocycles. The Labute approximate surface area is 207 Å². The zero-order valence-corrected chi connectivity index (χ0v) is 20.4. The summed E-state index contributed by atoms with van der Waals surface area (Å²) >= 11 is 1.30. The number of halogens is 1. The molecule has 1 unspecified atom stereocenters. The van der Waals surface area contributed by atoms with Crippen LogP contribution in [0.25, 0.3) is 0 Å². The first kappa shape index (κ1) is 23.7. The van der Waals surface area contributed by atoms with E-state index in [4.69, 9.17) is 9.47 Å². The predicted molar refractivity (Wildman–Crippen MR) is 131 cm³/mol. The Morgan fingerprint density at radius 3 is 2.69 bits per heavy atom. The summed E-state index contributed by atoms with van der Waals surface area (Å²) in [7, 11) is 0. The van der Waals surface area contributed by atoms with Gasteiger partial charge in [0.25, 0.3) is 0 Å². The normalized spacial score (nSPS) is 17.3. The van der Waals surface area contributed by atoms with Crippen LogP contribution in [0, 0.1) is 11.7 Å². The van der Waals surface area contributed by atoms with E-state index in [1.54, 1.807) is 24.4 Å². The Morgan fingerprint density at radius 2 is 1.97 bits per heavy atom. The Morgan fingerprint density at radius 1 is 1.20 bits per heavy atom. The van der Waals surface area contributed by atoms with Crippen LogP contribution in [-0.2, 0) is 10.2 Å². The number of hydrogen-bond donors (Lipinski definition) is 3. The van der Waals surface area contributed by atoms with Crippen molar-refractivity contribution in [2.75, 3.05) is 18.7 Å². The van der Waals surface area contributed by atoms with E-state index < -0.39 is 11.5 Å². The summed E-state index contributed by atoms with van der Waals surface area (Å²) in [5, 5.41) is 16.6. The van der Waals surface area contributed by atoms with Gasteiger partial charge in [0.1, 0.15) is 5.82 Å². The third-order valence-electron chi connectivity index (χ3n) is 6.74.